The van der Waals surface area contributed by atoms with Crippen LogP contribution in [0.2, 0.25) is 0 Å². The van der Waals surface area contributed by atoms with Crippen LogP contribution in [0, 0.1) is 0 Å². The van der Waals surface area contributed by atoms with E-state index in [2.05, 4.69) is 4.98 Å². The fourth-order valence-corrected chi connectivity index (χ4v) is 2.03. The number of amides is 1. The predicted octanol–water partition coefficient (Wildman–Crippen LogP) is 2.52. The molecule has 1 amide bonds. The van der Waals surface area contributed by atoms with E-state index < -0.39 is 12.1 Å². The van der Waals surface area contributed by atoms with Crippen molar-refractivity contribution in [3.05, 3.63) is 5.69 Å². The number of nitrogens with two attached hydrogens (primary N) is 1. The number of carbonyl (C=O) groups is 1. The van der Waals surface area contributed by atoms with Gasteiger partial charge in [-0.2, -0.15) is 13.2 Å². The molecule has 4 nitrogen and oxygen atoms in total. The van der Waals surface area contributed by atoms with E-state index in [9.17, 15) is 18.0 Å². The van der Waals surface area contributed by atoms with E-state index in [0.29, 0.717) is 10.7 Å². The molecular formula is C9H12F3N3OS. The third kappa shape index (κ3) is 3.32. The fourth-order valence-electron chi connectivity index (χ4n) is 1.09. The number of anilines is 2. The largest absolute Gasteiger partial charge is 0.471 e. The summed E-state index contributed by atoms with van der Waals surface area (Å²) in [5, 5.41) is 1.84. The molecule has 1 aromatic rings. The molecule has 8 heteroatoms. The summed E-state index contributed by atoms with van der Waals surface area (Å²) in [7, 11) is 0. The lowest BCUT2D eigenvalue weighted by molar-refractivity contribution is -0.167. The lowest BCUT2D eigenvalue weighted by Gasteiger charge is -2.15. The van der Waals surface area contributed by atoms with Gasteiger partial charge in [-0.1, -0.05) is 32.1 Å². The Morgan fingerprint density at radius 3 is 2.24 bits per heavy atom. The van der Waals surface area contributed by atoms with Gasteiger partial charge < -0.3 is 5.73 Å². The van der Waals surface area contributed by atoms with Crippen LogP contribution in [-0.4, -0.2) is 17.1 Å². The third-order valence-corrected chi connectivity index (χ3v) is 2.64. The van der Waals surface area contributed by atoms with Gasteiger partial charge in [0.15, 0.2) is 5.13 Å². The van der Waals surface area contributed by atoms with Gasteiger partial charge in [-0.25, -0.2) is 4.98 Å². The fraction of sp³-hybridized carbons (Fsp3) is 0.556. The van der Waals surface area contributed by atoms with Crippen molar-refractivity contribution >= 4 is 27.4 Å². The molecule has 0 unspecified atom stereocenters. The molecule has 17 heavy (non-hydrogen) atoms. The average Bonchev–Trinajstić information content (AvgIpc) is 2.44. The van der Waals surface area contributed by atoms with Gasteiger partial charge in [0.25, 0.3) is 0 Å². The molecule has 0 spiro atoms. The smallest absolute Gasteiger partial charge is 0.389 e. The first kappa shape index (κ1) is 13.8. The minimum absolute atomic E-state index is 0.144. The molecule has 0 bridgehead atoms. The summed E-state index contributed by atoms with van der Waals surface area (Å²) in [6.45, 7) is 5.48. The Labute approximate surface area is 100 Å². The molecule has 0 aromatic carbocycles. The highest BCUT2D eigenvalue weighted by Gasteiger charge is 2.39. The van der Waals surface area contributed by atoms with Crippen LogP contribution in [0.15, 0.2) is 0 Å². The summed E-state index contributed by atoms with van der Waals surface area (Å²) in [6, 6.07) is 0. The number of hydrogen-bond acceptors (Lipinski definition) is 4. The second-order valence-electron chi connectivity index (χ2n) is 4.43. The number of nitrogens with one attached hydrogen (secondary N) is 1. The van der Waals surface area contributed by atoms with Crippen molar-refractivity contribution in [2.24, 2.45) is 0 Å². The van der Waals surface area contributed by atoms with Crippen LogP contribution in [0.3, 0.4) is 0 Å². The van der Waals surface area contributed by atoms with Crippen molar-refractivity contribution in [2.45, 2.75) is 32.4 Å². The standard InChI is InChI=1S/C9H12F3N3OS/c1-8(2,3)4-5(13)17-7(14-4)15-6(16)9(10,11)12/h13H2,1-3H3,(H,14,15,16). The number of aromatic nitrogens is 1. The van der Waals surface area contributed by atoms with Gasteiger partial charge in [0, 0.05) is 5.41 Å². The van der Waals surface area contributed by atoms with E-state index in [1.165, 1.54) is 0 Å². The first-order valence-electron chi connectivity index (χ1n) is 4.67. The van der Waals surface area contributed by atoms with Gasteiger partial charge in [-0.05, 0) is 0 Å². The Kier molecular flexibility index (Phi) is 3.37. The second-order valence-corrected chi connectivity index (χ2v) is 5.46. The van der Waals surface area contributed by atoms with Crippen LogP contribution in [0.25, 0.3) is 0 Å². The zero-order chi connectivity index (χ0) is 13.4. The average molecular weight is 267 g/mol. The molecule has 0 aliphatic carbocycles. The van der Waals surface area contributed by atoms with Crippen LogP contribution in [0.5, 0.6) is 0 Å². The van der Waals surface area contributed by atoms with E-state index in [1.807, 2.05) is 20.8 Å². The van der Waals surface area contributed by atoms with Crippen LogP contribution in [0.1, 0.15) is 26.5 Å². The SMILES string of the molecule is CC(C)(C)c1nc(NC(=O)C(F)(F)F)sc1N. The molecule has 96 valence electrons. The topological polar surface area (TPSA) is 68.0 Å². The molecule has 0 saturated carbocycles. The second kappa shape index (κ2) is 4.17. The maximum absolute atomic E-state index is 12.0. The molecular weight excluding hydrogens is 255 g/mol. The Morgan fingerprint density at radius 1 is 1.35 bits per heavy atom. The van der Waals surface area contributed by atoms with Gasteiger partial charge in [-0.3, -0.25) is 10.1 Å². The highest BCUT2D eigenvalue weighted by molar-refractivity contribution is 7.19. The lowest BCUT2D eigenvalue weighted by Crippen LogP contribution is -2.29. The lowest BCUT2D eigenvalue weighted by atomic mass is 9.93. The number of carbonyl (C=O) groups excluding carboxylic acids is 1. The van der Waals surface area contributed by atoms with Gasteiger partial charge in [-0.15, -0.1) is 0 Å². The molecule has 1 heterocycles. The Balaban J connectivity index is 2.93. The normalized spacial score (nSPS) is 12.6. The molecule has 1 aromatic heterocycles. The monoisotopic (exact) mass is 267 g/mol. The zero-order valence-electron chi connectivity index (χ0n) is 9.47. The van der Waals surface area contributed by atoms with E-state index in [-0.39, 0.29) is 10.5 Å². The number of thiazole rings is 1. The van der Waals surface area contributed by atoms with Crippen molar-refractivity contribution in [3.63, 3.8) is 0 Å². The molecule has 0 atom stereocenters. The third-order valence-electron chi connectivity index (χ3n) is 1.84. The van der Waals surface area contributed by atoms with Gasteiger partial charge in [0.2, 0.25) is 0 Å². The maximum Gasteiger partial charge on any atom is 0.471 e. The quantitative estimate of drug-likeness (QED) is 0.821. The Hall–Kier alpha value is -1.31. The summed E-state index contributed by atoms with van der Waals surface area (Å²) in [6.07, 6.45) is -4.93. The van der Waals surface area contributed by atoms with Crippen molar-refractivity contribution < 1.29 is 18.0 Å². The number of hydrogen-bond donors (Lipinski definition) is 2. The van der Waals surface area contributed by atoms with E-state index >= 15 is 0 Å². The minimum atomic E-state index is -4.93. The molecule has 0 saturated heterocycles. The van der Waals surface area contributed by atoms with Crippen LogP contribution < -0.4 is 11.1 Å². The zero-order valence-corrected chi connectivity index (χ0v) is 10.3. The summed E-state index contributed by atoms with van der Waals surface area (Å²) < 4.78 is 36.0. The predicted molar refractivity (Wildman–Crippen MR) is 59.9 cm³/mol. The first-order chi connectivity index (χ1) is 7.51. The highest BCUT2D eigenvalue weighted by atomic mass is 32.1. The van der Waals surface area contributed by atoms with E-state index in [0.717, 1.165) is 11.3 Å². The number of alkyl halides is 3. The van der Waals surface area contributed by atoms with Gasteiger partial charge in [0.1, 0.15) is 5.00 Å². The van der Waals surface area contributed by atoms with Crippen LogP contribution in [0.4, 0.5) is 23.3 Å². The van der Waals surface area contributed by atoms with Gasteiger partial charge in [0.05, 0.1) is 5.69 Å². The van der Waals surface area contributed by atoms with Crippen LogP contribution >= 0.6 is 11.3 Å². The Morgan fingerprint density at radius 2 is 1.88 bits per heavy atom. The summed E-state index contributed by atoms with van der Waals surface area (Å²) in [4.78, 5) is 14.6. The molecule has 0 fully saturated rings. The summed E-state index contributed by atoms with van der Waals surface area (Å²) >= 11 is 0.820. The van der Waals surface area contributed by atoms with Crippen LogP contribution in [-0.2, 0) is 10.2 Å². The number of nitrogen functional groups attached to an aromatic ring is 1. The van der Waals surface area contributed by atoms with Crippen molar-refractivity contribution in [3.8, 4) is 0 Å². The molecule has 0 radical (unpaired) electrons. The Bertz CT molecular complexity index is 434. The molecule has 0 aliphatic heterocycles. The molecule has 1 rings (SSSR count). The van der Waals surface area contributed by atoms with Crippen molar-refractivity contribution in [1.82, 2.24) is 4.98 Å². The molecule has 0 aliphatic rings. The van der Waals surface area contributed by atoms with E-state index in [4.69, 9.17) is 5.73 Å². The number of halogens is 3. The maximum atomic E-state index is 12.0. The summed E-state index contributed by atoms with van der Waals surface area (Å²) in [5.74, 6) is -2.05. The van der Waals surface area contributed by atoms with E-state index in [1.54, 1.807) is 5.32 Å². The number of nitrogens with zero attached hydrogens (tertiary/aromatic N) is 1. The highest BCUT2D eigenvalue weighted by Crippen LogP contribution is 2.34. The van der Waals surface area contributed by atoms with Crippen molar-refractivity contribution in [1.29, 1.82) is 0 Å². The van der Waals surface area contributed by atoms with Gasteiger partial charge >= 0.3 is 12.1 Å². The van der Waals surface area contributed by atoms with Crippen molar-refractivity contribution in [2.75, 3.05) is 11.1 Å². The molecule has 3 N–H and O–H groups in total. The summed E-state index contributed by atoms with van der Waals surface area (Å²) in [5.41, 5.74) is 5.72. The minimum Gasteiger partial charge on any atom is -0.389 e. The first-order valence-corrected chi connectivity index (χ1v) is 5.48. The number of rotatable bonds is 1.